The first kappa shape index (κ1) is 15.9. The van der Waals surface area contributed by atoms with Gasteiger partial charge in [0.15, 0.2) is 5.82 Å². The highest BCUT2D eigenvalue weighted by Crippen LogP contribution is 2.26. The van der Waals surface area contributed by atoms with Crippen molar-refractivity contribution in [2.75, 3.05) is 19.4 Å². The zero-order valence-electron chi connectivity index (χ0n) is 12.8. The van der Waals surface area contributed by atoms with Crippen molar-refractivity contribution in [1.29, 1.82) is 0 Å². The van der Waals surface area contributed by atoms with Gasteiger partial charge in [0, 0.05) is 25.8 Å². The molecule has 3 rings (SSSR count). The van der Waals surface area contributed by atoms with Crippen molar-refractivity contribution in [3.63, 3.8) is 0 Å². The van der Waals surface area contributed by atoms with E-state index in [1.165, 1.54) is 11.8 Å². The fourth-order valence-corrected chi connectivity index (χ4v) is 2.93. The summed E-state index contributed by atoms with van der Waals surface area (Å²) < 4.78 is 10.7. The molecule has 0 saturated carbocycles. The smallest absolute Gasteiger partial charge is 0.255 e. The number of thioether (sulfide) groups is 1. The highest BCUT2D eigenvalue weighted by Gasteiger charge is 2.23. The summed E-state index contributed by atoms with van der Waals surface area (Å²) in [5.41, 5.74) is 0.577. The Morgan fingerprint density at radius 2 is 2.43 bits per heavy atom. The second kappa shape index (κ2) is 7.56. The van der Waals surface area contributed by atoms with Crippen LogP contribution in [-0.2, 0) is 11.2 Å². The predicted molar refractivity (Wildman–Crippen MR) is 84.3 cm³/mol. The second-order valence-electron chi connectivity index (χ2n) is 5.12. The molecule has 0 spiro atoms. The van der Waals surface area contributed by atoms with Crippen LogP contribution in [-0.4, -0.2) is 40.4 Å². The van der Waals surface area contributed by atoms with E-state index in [9.17, 15) is 4.79 Å². The van der Waals surface area contributed by atoms with Crippen molar-refractivity contribution in [2.45, 2.75) is 30.4 Å². The first-order valence-electron chi connectivity index (χ1n) is 7.49. The number of aromatic nitrogens is 3. The van der Waals surface area contributed by atoms with E-state index in [2.05, 4.69) is 20.4 Å². The Morgan fingerprint density at radius 1 is 1.52 bits per heavy atom. The minimum atomic E-state index is -0.148. The van der Waals surface area contributed by atoms with Crippen LogP contribution in [0.1, 0.15) is 41.0 Å². The van der Waals surface area contributed by atoms with Crippen molar-refractivity contribution >= 4 is 17.7 Å². The summed E-state index contributed by atoms with van der Waals surface area (Å²) in [6.07, 6.45) is 5.93. The third-order valence-electron chi connectivity index (χ3n) is 3.53. The number of hydrogen-bond donors (Lipinski definition) is 1. The number of amides is 1. The van der Waals surface area contributed by atoms with E-state index in [4.69, 9.17) is 9.26 Å². The molecule has 2 aromatic rings. The van der Waals surface area contributed by atoms with Crippen LogP contribution in [0.5, 0.6) is 0 Å². The lowest BCUT2D eigenvalue weighted by Gasteiger charge is -2.06. The molecule has 0 aliphatic carbocycles. The third kappa shape index (κ3) is 3.89. The van der Waals surface area contributed by atoms with E-state index < -0.39 is 0 Å². The number of nitrogens with zero attached hydrogens (tertiary/aromatic N) is 3. The van der Waals surface area contributed by atoms with E-state index in [0.717, 1.165) is 19.4 Å². The van der Waals surface area contributed by atoms with Gasteiger partial charge in [-0.2, -0.15) is 4.98 Å². The maximum Gasteiger partial charge on any atom is 0.255 e. The molecule has 7 nitrogen and oxygen atoms in total. The van der Waals surface area contributed by atoms with Gasteiger partial charge >= 0.3 is 0 Å². The average molecular weight is 334 g/mol. The molecule has 1 aliphatic heterocycles. The van der Waals surface area contributed by atoms with Gasteiger partial charge in [0.1, 0.15) is 11.1 Å². The number of pyridine rings is 1. The van der Waals surface area contributed by atoms with Crippen LogP contribution >= 0.6 is 11.8 Å². The molecule has 0 aromatic carbocycles. The van der Waals surface area contributed by atoms with Crippen LogP contribution in [0.3, 0.4) is 0 Å². The van der Waals surface area contributed by atoms with Crippen LogP contribution in [0.25, 0.3) is 0 Å². The van der Waals surface area contributed by atoms with Crippen molar-refractivity contribution in [1.82, 2.24) is 20.4 Å². The van der Waals surface area contributed by atoms with Crippen LogP contribution in [0, 0.1) is 0 Å². The zero-order chi connectivity index (χ0) is 16.1. The Balaban J connectivity index is 1.52. The molecule has 3 heterocycles. The van der Waals surface area contributed by atoms with Gasteiger partial charge in [0.25, 0.3) is 11.8 Å². The summed E-state index contributed by atoms with van der Waals surface area (Å²) in [6.45, 7) is 1.17. The summed E-state index contributed by atoms with van der Waals surface area (Å²) in [5, 5.41) is 7.50. The van der Waals surface area contributed by atoms with E-state index in [1.54, 1.807) is 18.3 Å². The molecule has 122 valence electrons. The molecule has 8 heteroatoms. The molecule has 0 radical (unpaired) electrons. The summed E-state index contributed by atoms with van der Waals surface area (Å²) in [4.78, 5) is 20.7. The van der Waals surface area contributed by atoms with Crippen LogP contribution in [0.2, 0.25) is 0 Å². The molecular formula is C15H18N4O3S. The summed E-state index contributed by atoms with van der Waals surface area (Å²) in [5.74, 6) is 0.957. The average Bonchev–Trinajstić information content (AvgIpc) is 3.26. The Bertz CT molecular complexity index is 670. The Hall–Kier alpha value is -1.93. The molecule has 23 heavy (non-hydrogen) atoms. The monoisotopic (exact) mass is 334 g/mol. The lowest BCUT2D eigenvalue weighted by molar-refractivity contribution is 0.0835. The van der Waals surface area contributed by atoms with Gasteiger partial charge in [-0.3, -0.25) is 4.79 Å². The van der Waals surface area contributed by atoms with Crippen molar-refractivity contribution in [3.8, 4) is 0 Å². The van der Waals surface area contributed by atoms with Crippen molar-refractivity contribution in [3.05, 3.63) is 35.6 Å². The van der Waals surface area contributed by atoms with Crippen LogP contribution in [0.15, 0.2) is 27.9 Å². The van der Waals surface area contributed by atoms with Gasteiger partial charge in [0.05, 0.1) is 5.56 Å². The molecule has 1 unspecified atom stereocenters. The van der Waals surface area contributed by atoms with Crippen molar-refractivity contribution < 1.29 is 14.1 Å². The molecule has 0 bridgehead atoms. The first-order chi connectivity index (χ1) is 11.3. The lowest BCUT2D eigenvalue weighted by atomic mass is 10.2. The minimum absolute atomic E-state index is 0.0784. The van der Waals surface area contributed by atoms with Gasteiger partial charge in [-0.15, -0.1) is 11.8 Å². The predicted octanol–water partition coefficient (Wildman–Crippen LogP) is 2.01. The van der Waals surface area contributed by atoms with Crippen molar-refractivity contribution in [2.24, 2.45) is 0 Å². The molecule has 1 N–H and O–H groups in total. The quantitative estimate of drug-likeness (QED) is 0.808. The van der Waals surface area contributed by atoms with Crippen LogP contribution in [0.4, 0.5) is 0 Å². The fourth-order valence-electron chi connectivity index (χ4n) is 2.38. The van der Waals surface area contributed by atoms with Gasteiger partial charge in [-0.1, -0.05) is 5.16 Å². The van der Waals surface area contributed by atoms with E-state index in [0.29, 0.717) is 35.3 Å². The maximum absolute atomic E-state index is 12.2. The van der Waals surface area contributed by atoms with Gasteiger partial charge < -0.3 is 14.6 Å². The molecule has 1 aliphatic rings. The largest absolute Gasteiger partial charge is 0.368 e. The number of hydrogen-bond acceptors (Lipinski definition) is 7. The van der Waals surface area contributed by atoms with Gasteiger partial charge in [0.2, 0.25) is 0 Å². The van der Waals surface area contributed by atoms with E-state index in [-0.39, 0.29) is 12.0 Å². The molecule has 1 saturated heterocycles. The fraction of sp³-hybridized carbons (Fsp3) is 0.467. The first-order valence-corrected chi connectivity index (χ1v) is 8.71. The number of carbonyl (C=O) groups is 1. The summed E-state index contributed by atoms with van der Waals surface area (Å²) in [7, 11) is 0. The standard InChI is InChI=1S/C15H18N4O3S/c1-23-15-10(4-2-7-17-15)13(20)16-8-6-12-18-14(22-19-12)11-5-3-9-21-11/h2,4,7,11H,3,5-6,8-9H2,1H3,(H,16,20). The zero-order valence-corrected chi connectivity index (χ0v) is 13.6. The second-order valence-corrected chi connectivity index (χ2v) is 5.91. The van der Waals surface area contributed by atoms with E-state index >= 15 is 0 Å². The molecule has 1 amide bonds. The molecule has 1 atom stereocenters. The Kier molecular flexibility index (Phi) is 5.24. The lowest BCUT2D eigenvalue weighted by Crippen LogP contribution is -2.26. The van der Waals surface area contributed by atoms with E-state index in [1.807, 2.05) is 6.26 Å². The van der Waals surface area contributed by atoms with Gasteiger partial charge in [-0.25, -0.2) is 4.98 Å². The number of rotatable bonds is 6. The number of ether oxygens (including phenoxy) is 1. The summed E-state index contributed by atoms with van der Waals surface area (Å²) in [6, 6.07) is 3.51. The molecule has 2 aromatic heterocycles. The topological polar surface area (TPSA) is 90.1 Å². The Labute approximate surface area is 138 Å². The van der Waals surface area contributed by atoms with Crippen LogP contribution < -0.4 is 5.32 Å². The highest BCUT2D eigenvalue weighted by atomic mass is 32.2. The third-order valence-corrected chi connectivity index (χ3v) is 4.24. The number of nitrogens with one attached hydrogen (secondary N) is 1. The Morgan fingerprint density at radius 3 is 3.22 bits per heavy atom. The van der Waals surface area contributed by atoms with Gasteiger partial charge in [-0.05, 0) is 31.2 Å². The normalized spacial score (nSPS) is 17.3. The summed E-state index contributed by atoms with van der Waals surface area (Å²) >= 11 is 1.45. The number of carbonyl (C=O) groups excluding carboxylic acids is 1. The molecular weight excluding hydrogens is 316 g/mol. The highest BCUT2D eigenvalue weighted by molar-refractivity contribution is 7.98. The molecule has 1 fully saturated rings. The maximum atomic E-state index is 12.2. The minimum Gasteiger partial charge on any atom is -0.368 e. The SMILES string of the molecule is CSc1ncccc1C(=O)NCCc1noc(C2CCCO2)n1.